The van der Waals surface area contributed by atoms with Crippen molar-refractivity contribution in [3.05, 3.63) is 29.8 Å². The van der Waals surface area contributed by atoms with Gasteiger partial charge in [-0.1, -0.05) is 19.1 Å². The Hall–Kier alpha value is -0.880. The van der Waals surface area contributed by atoms with E-state index in [1.165, 1.54) is 12.1 Å². The molecular formula is C15H20F3NOS. The van der Waals surface area contributed by atoms with Gasteiger partial charge in [-0.3, -0.25) is 0 Å². The van der Waals surface area contributed by atoms with Crippen LogP contribution in [0, 0.1) is 5.92 Å². The molecule has 2 rings (SSSR count). The van der Waals surface area contributed by atoms with E-state index in [9.17, 15) is 13.2 Å². The first kappa shape index (κ1) is 16.5. The van der Waals surface area contributed by atoms with Gasteiger partial charge in [0.1, 0.15) is 5.75 Å². The molecule has 0 saturated carbocycles. The second-order valence-electron chi connectivity index (χ2n) is 5.25. The molecule has 2 atom stereocenters. The third-order valence-electron chi connectivity index (χ3n) is 3.51. The van der Waals surface area contributed by atoms with Crippen LogP contribution < -0.4 is 10.1 Å². The molecule has 1 aliphatic rings. The lowest BCUT2D eigenvalue weighted by molar-refractivity contribution is -0.274. The smallest absolute Gasteiger partial charge is 0.406 e. The van der Waals surface area contributed by atoms with Crippen molar-refractivity contribution in [2.45, 2.75) is 32.2 Å². The molecule has 6 heteroatoms. The van der Waals surface area contributed by atoms with Crippen molar-refractivity contribution >= 4 is 11.8 Å². The highest BCUT2D eigenvalue weighted by molar-refractivity contribution is 7.99. The Bertz CT molecular complexity index is 436. The van der Waals surface area contributed by atoms with E-state index in [0.717, 1.165) is 36.5 Å². The maximum Gasteiger partial charge on any atom is 0.573 e. The third kappa shape index (κ3) is 5.43. The van der Waals surface area contributed by atoms with E-state index < -0.39 is 6.36 Å². The molecule has 1 aromatic rings. The molecule has 0 aromatic heterocycles. The lowest BCUT2D eigenvalue weighted by atomic mass is 9.95. The van der Waals surface area contributed by atoms with Crippen LogP contribution in [0.2, 0.25) is 0 Å². The molecule has 2 nitrogen and oxygen atoms in total. The Morgan fingerprint density at radius 2 is 1.95 bits per heavy atom. The van der Waals surface area contributed by atoms with Crippen molar-refractivity contribution in [3.63, 3.8) is 0 Å². The predicted molar refractivity (Wildman–Crippen MR) is 79.7 cm³/mol. The van der Waals surface area contributed by atoms with E-state index in [4.69, 9.17) is 0 Å². The number of thioether (sulfide) groups is 1. The van der Waals surface area contributed by atoms with E-state index in [1.54, 1.807) is 12.1 Å². The Labute approximate surface area is 127 Å². The Morgan fingerprint density at radius 3 is 2.57 bits per heavy atom. The average Bonchev–Trinajstić information content (AvgIpc) is 2.84. The van der Waals surface area contributed by atoms with E-state index in [0.29, 0.717) is 12.0 Å². The molecule has 1 saturated heterocycles. The summed E-state index contributed by atoms with van der Waals surface area (Å²) in [7, 11) is 0. The van der Waals surface area contributed by atoms with Crippen molar-refractivity contribution in [1.29, 1.82) is 0 Å². The van der Waals surface area contributed by atoms with Crippen molar-refractivity contribution in [2.75, 3.05) is 18.1 Å². The van der Waals surface area contributed by atoms with Crippen LogP contribution in [0.1, 0.15) is 18.9 Å². The largest absolute Gasteiger partial charge is 0.573 e. The molecule has 1 N–H and O–H groups in total. The zero-order valence-corrected chi connectivity index (χ0v) is 12.8. The highest BCUT2D eigenvalue weighted by atomic mass is 32.2. The van der Waals surface area contributed by atoms with Crippen LogP contribution in [0.3, 0.4) is 0 Å². The fraction of sp³-hybridized carbons (Fsp3) is 0.600. The average molecular weight is 319 g/mol. The first-order chi connectivity index (χ1) is 9.98. The van der Waals surface area contributed by atoms with Crippen molar-refractivity contribution in [3.8, 4) is 5.75 Å². The van der Waals surface area contributed by atoms with Crippen LogP contribution in [0.5, 0.6) is 5.75 Å². The summed E-state index contributed by atoms with van der Waals surface area (Å²) < 4.78 is 40.2. The zero-order valence-electron chi connectivity index (χ0n) is 12.0. The van der Waals surface area contributed by atoms with Gasteiger partial charge in [-0.2, -0.15) is 11.8 Å². The summed E-state index contributed by atoms with van der Waals surface area (Å²) in [4.78, 5) is 0. The second kappa shape index (κ2) is 7.40. The van der Waals surface area contributed by atoms with Gasteiger partial charge in [0.15, 0.2) is 0 Å². The molecule has 0 aliphatic carbocycles. The van der Waals surface area contributed by atoms with Gasteiger partial charge in [0, 0.05) is 11.8 Å². The zero-order chi connectivity index (χ0) is 15.3. The summed E-state index contributed by atoms with van der Waals surface area (Å²) in [5.74, 6) is 2.59. The van der Waals surface area contributed by atoms with Crippen molar-refractivity contribution in [1.82, 2.24) is 5.32 Å². The minimum absolute atomic E-state index is 0.160. The van der Waals surface area contributed by atoms with Gasteiger partial charge < -0.3 is 10.1 Å². The first-order valence-corrected chi connectivity index (χ1v) is 8.29. The molecule has 118 valence electrons. The van der Waals surface area contributed by atoms with Gasteiger partial charge in [-0.15, -0.1) is 13.2 Å². The van der Waals surface area contributed by atoms with Crippen LogP contribution in [0.4, 0.5) is 13.2 Å². The molecule has 1 heterocycles. The normalized spacial score (nSPS) is 22.5. The van der Waals surface area contributed by atoms with Crippen LogP contribution in [0.15, 0.2) is 24.3 Å². The molecule has 0 radical (unpaired) electrons. The Morgan fingerprint density at radius 1 is 1.24 bits per heavy atom. The van der Waals surface area contributed by atoms with Crippen LogP contribution in [-0.4, -0.2) is 30.5 Å². The van der Waals surface area contributed by atoms with E-state index >= 15 is 0 Å². The molecule has 21 heavy (non-hydrogen) atoms. The monoisotopic (exact) mass is 319 g/mol. The molecular weight excluding hydrogens is 299 g/mol. The number of nitrogens with one attached hydrogen (secondary N) is 1. The van der Waals surface area contributed by atoms with Crippen molar-refractivity contribution < 1.29 is 17.9 Å². The number of ether oxygens (including phenoxy) is 1. The summed E-state index contributed by atoms with van der Waals surface area (Å²) in [6.07, 6.45) is -2.63. The van der Waals surface area contributed by atoms with E-state index in [1.807, 2.05) is 11.8 Å². The molecule has 2 unspecified atom stereocenters. The summed E-state index contributed by atoms with van der Waals surface area (Å²) in [6.45, 7) is 3.16. The number of hydrogen-bond acceptors (Lipinski definition) is 3. The standard InChI is InChI=1S/C15H20F3NOS/c1-2-7-19-14-10-21-9-12(14)8-11-3-5-13(6-4-11)20-15(16,17)18/h3-6,12,14,19H,2,7-10H2,1H3. The first-order valence-electron chi connectivity index (χ1n) is 7.13. The minimum Gasteiger partial charge on any atom is -0.406 e. The molecule has 0 bridgehead atoms. The summed E-state index contributed by atoms with van der Waals surface area (Å²) in [5, 5.41) is 3.55. The summed E-state index contributed by atoms with van der Waals surface area (Å²) in [6, 6.07) is 6.72. The van der Waals surface area contributed by atoms with Gasteiger partial charge in [0.25, 0.3) is 0 Å². The van der Waals surface area contributed by atoms with Crippen LogP contribution in [0.25, 0.3) is 0 Å². The third-order valence-corrected chi connectivity index (χ3v) is 4.77. The Kier molecular flexibility index (Phi) is 5.81. The van der Waals surface area contributed by atoms with E-state index in [-0.39, 0.29) is 5.75 Å². The van der Waals surface area contributed by atoms with Crippen LogP contribution in [-0.2, 0) is 6.42 Å². The van der Waals surface area contributed by atoms with Crippen LogP contribution >= 0.6 is 11.8 Å². The number of halogens is 3. The SMILES string of the molecule is CCCNC1CSCC1Cc1ccc(OC(F)(F)F)cc1. The number of rotatable bonds is 6. The highest BCUT2D eigenvalue weighted by Crippen LogP contribution is 2.29. The van der Waals surface area contributed by atoms with Gasteiger partial charge in [-0.05, 0) is 48.8 Å². The van der Waals surface area contributed by atoms with Gasteiger partial charge in [0.2, 0.25) is 0 Å². The number of hydrogen-bond donors (Lipinski definition) is 1. The molecule has 1 aromatic carbocycles. The van der Waals surface area contributed by atoms with Gasteiger partial charge >= 0.3 is 6.36 Å². The maximum atomic E-state index is 12.1. The quantitative estimate of drug-likeness (QED) is 0.860. The molecule has 1 fully saturated rings. The highest BCUT2D eigenvalue weighted by Gasteiger charge is 2.31. The lowest BCUT2D eigenvalue weighted by Gasteiger charge is -2.20. The lowest BCUT2D eigenvalue weighted by Crippen LogP contribution is -2.36. The second-order valence-corrected chi connectivity index (χ2v) is 6.33. The number of benzene rings is 1. The fourth-order valence-corrected chi connectivity index (χ4v) is 3.92. The van der Waals surface area contributed by atoms with Gasteiger partial charge in [0.05, 0.1) is 0 Å². The van der Waals surface area contributed by atoms with E-state index in [2.05, 4.69) is 17.0 Å². The minimum atomic E-state index is -4.63. The maximum absolute atomic E-state index is 12.1. The molecule has 1 aliphatic heterocycles. The molecule has 0 amide bonds. The van der Waals surface area contributed by atoms with Crippen molar-refractivity contribution in [2.24, 2.45) is 5.92 Å². The fourth-order valence-electron chi connectivity index (χ4n) is 2.49. The predicted octanol–water partition coefficient (Wildman–Crippen LogP) is 3.86. The number of alkyl halides is 3. The Balaban J connectivity index is 1.90. The molecule has 0 spiro atoms. The topological polar surface area (TPSA) is 21.3 Å². The summed E-state index contributed by atoms with van der Waals surface area (Å²) in [5.41, 5.74) is 1.06. The summed E-state index contributed by atoms with van der Waals surface area (Å²) >= 11 is 1.94. The van der Waals surface area contributed by atoms with Gasteiger partial charge in [-0.25, -0.2) is 0 Å².